The van der Waals surface area contributed by atoms with Crippen molar-refractivity contribution in [2.75, 3.05) is 7.11 Å². The highest BCUT2D eigenvalue weighted by Gasteiger charge is 2.00. The number of ether oxygens (including phenoxy) is 2. The van der Waals surface area contributed by atoms with Crippen molar-refractivity contribution in [3.8, 4) is 11.5 Å². The van der Waals surface area contributed by atoms with Crippen LogP contribution in [0.3, 0.4) is 0 Å². The fraction of sp³-hybridized carbons (Fsp3) is 0.333. The highest BCUT2D eigenvalue weighted by atomic mass is 16.5. The largest absolute Gasteiger partial charge is 0.497 e. The van der Waals surface area contributed by atoms with Crippen LogP contribution >= 0.6 is 0 Å². The van der Waals surface area contributed by atoms with E-state index < -0.39 is 0 Å². The quantitative estimate of drug-likeness (QED) is 0.846. The van der Waals surface area contributed by atoms with Crippen molar-refractivity contribution in [3.05, 3.63) is 59.7 Å². The zero-order valence-corrected chi connectivity index (χ0v) is 12.7. The van der Waals surface area contributed by atoms with Crippen LogP contribution in [0.15, 0.2) is 48.5 Å². The van der Waals surface area contributed by atoms with Crippen molar-refractivity contribution in [2.45, 2.75) is 32.4 Å². The van der Waals surface area contributed by atoms with Crippen molar-refractivity contribution in [1.82, 2.24) is 0 Å². The van der Waals surface area contributed by atoms with Gasteiger partial charge in [0.1, 0.15) is 18.1 Å². The maximum absolute atomic E-state index is 5.78. The monoisotopic (exact) mass is 285 g/mol. The van der Waals surface area contributed by atoms with Crippen molar-refractivity contribution < 1.29 is 9.47 Å². The van der Waals surface area contributed by atoms with Crippen LogP contribution in [0.25, 0.3) is 0 Å². The molecule has 0 spiro atoms. The molecule has 0 radical (unpaired) electrons. The third-order valence-corrected chi connectivity index (χ3v) is 3.38. The number of aryl methyl sites for hydroxylation is 1. The van der Waals surface area contributed by atoms with Crippen LogP contribution in [0.2, 0.25) is 0 Å². The third kappa shape index (κ3) is 5.12. The van der Waals surface area contributed by atoms with Gasteiger partial charge in [0.25, 0.3) is 0 Å². The Kier molecular flexibility index (Phi) is 5.64. The molecule has 0 fully saturated rings. The van der Waals surface area contributed by atoms with Gasteiger partial charge in [0.05, 0.1) is 7.11 Å². The second kappa shape index (κ2) is 7.70. The summed E-state index contributed by atoms with van der Waals surface area (Å²) in [6, 6.07) is 16.4. The fourth-order valence-corrected chi connectivity index (χ4v) is 2.04. The maximum atomic E-state index is 5.78. The Morgan fingerprint density at radius 1 is 0.905 bits per heavy atom. The Bertz CT molecular complexity index is 532. The lowest BCUT2D eigenvalue weighted by molar-refractivity contribution is 0.306. The summed E-state index contributed by atoms with van der Waals surface area (Å²) in [6.45, 7) is 2.59. The summed E-state index contributed by atoms with van der Waals surface area (Å²) >= 11 is 0. The second-order valence-electron chi connectivity index (χ2n) is 5.30. The van der Waals surface area contributed by atoms with Crippen molar-refractivity contribution in [3.63, 3.8) is 0 Å². The molecule has 21 heavy (non-hydrogen) atoms. The molecule has 0 aromatic heterocycles. The Hall–Kier alpha value is -2.00. The predicted octanol–water partition coefficient (Wildman–Crippen LogP) is 3.55. The minimum Gasteiger partial charge on any atom is -0.497 e. The number of nitrogens with two attached hydrogens (primary N) is 1. The van der Waals surface area contributed by atoms with Gasteiger partial charge in [-0.25, -0.2) is 0 Å². The van der Waals surface area contributed by atoms with Crippen LogP contribution in [0.1, 0.15) is 24.5 Å². The van der Waals surface area contributed by atoms with Gasteiger partial charge in [-0.05, 0) is 55.2 Å². The standard InChI is InChI=1S/C18H23NO2/c1-14(19)3-4-15-5-11-18(12-6-15)21-13-16-7-9-17(20-2)10-8-16/h5-12,14H,3-4,13,19H2,1-2H3. The molecule has 112 valence electrons. The molecule has 0 aliphatic carbocycles. The number of hydrogen-bond donors (Lipinski definition) is 1. The lowest BCUT2D eigenvalue weighted by atomic mass is 10.1. The molecule has 2 aromatic rings. The van der Waals surface area contributed by atoms with Gasteiger partial charge in [0, 0.05) is 6.04 Å². The average Bonchev–Trinajstić information content (AvgIpc) is 2.52. The van der Waals surface area contributed by atoms with Crippen molar-refractivity contribution in [1.29, 1.82) is 0 Å². The molecule has 3 nitrogen and oxygen atoms in total. The predicted molar refractivity (Wildman–Crippen MR) is 85.7 cm³/mol. The van der Waals surface area contributed by atoms with Crippen LogP contribution in [0.5, 0.6) is 11.5 Å². The molecule has 2 N–H and O–H groups in total. The summed E-state index contributed by atoms with van der Waals surface area (Å²) in [5.74, 6) is 1.74. The van der Waals surface area contributed by atoms with Gasteiger partial charge in [-0.15, -0.1) is 0 Å². The summed E-state index contributed by atoms with van der Waals surface area (Å²) in [5, 5.41) is 0. The smallest absolute Gasteiger partial charge is 0.119 e. The lowest BCUT2D eigenvalue weighted by Gasteiger charge is -2.09. The molecular weight excluding hydrogens is 262 g/mol. The molecule has 1 unspecified atom stereocenters. The fourth-order valence-electron chi connectivity index (χ4n) is 2.04. The molecule has 0 heterocycles. The molecule has 0 aliphatic heterocycles. The molecule has 3 heteroatoms. The van der Waals surface area contributed by atoms with E-state index in [2.05, 4.69) is 12.1 Å². The SMILES string of the molecule is COc1ccc(COc2ccc(CCC(C)N)cc2)cc1. The van der Waals surface area contributed by atoms with E-state index in [9.17, 15) is 0 Å². The highest BCUT2D eigenvalue weighted by Crippen LogP contribution is 2.17. The van der Waals surface area contributed by atoms with E-state index in [1.165, 1.54) is 5.56 Å². The minimum atomic E-state index is 0.246. The Morgan fingerprint density at radius 3 is 2.05 bits per heavy atom. The van der Waals surface area contributed by atoms with Crippen LogP contribution in [0, 0.1) is 0 Å². The number of methoxy groups -OCH3 is 1. The first-order chi connectivity index (χ1) is 10.2. The van der Waals surface area contributed by atoms with Gasteiger partial charge in [-0.3, -0.25) is 0 Å². The van der Waals surface area contributed by atoms with E-state index in [0.29, 0.717) is 6.61 Å². The summed E-state index contributed by atoms with van der Waals surface area (Å²) in [7, 11) is 1.67. The Morgan fingerprint density at radius 2 is 1.48 bits per heavy atom. The van der Waals surface area contributed by atoms with Crippen LogP contribution < -0.4 is 15.2 Å². The molecule has 2 rings (SSSR count). The summed E-state index contributed by atoms with van der Waals surface area (Å²) < 4.78 is 10.9. The Labute approximate surface area is 126 Å². The molecule has 2 aromatic carbocycles. The van der Waals surface area contributed by atoms with E-state index in [1.54, 1.807) is 7.11 Å². The molecule has 0 saturated heterocycles. The first-order valence-electron chi connectivity index (χ1n) is 7.27. The van der Waals surface area contributed by atoms with Crippen LogP contribution in [0.4, 0.5) is 0 Å². The molecule has 0 amide bonds. The zero-order chi connectivity index (χ0) is 15.1. The first kappa shape index (κ1) is 15.4. The highest BCUT2D eigenvalue weighted by molar-refractivity contribution is 5.29. The van der Waals surface area contributed by atoms with E-state index in [1.807, 2.05) is 43.3 Å². The number of rotatable bonds is 7. The minimum absolute atomic E-state index is 0.246. The van der Waals surface area contributed by atoms with Crippen LogP contribution in [-0.2, 0) is 13.0 Å². The molecule has 0 aliphatic rings. The second-order valence-corrected chi connectivity index (χ2v) is 5.30. The molecule has 1 atom stereocenters. The van der Waals surface area contributed by atoms with Crippen molar-refractivity contribution in [2.24, 2.45) is 5.73 Å². The van der Waals surface area contributed by atoms with E-state index in [-0.39, 0.29) is 6.04 Å². The lowest BCUT2D eigenvalue weighted by Crippen LogP contribution is -2.15. The van der Waals surface area contributed by atoms with Gasteiger partial charge in [0.15, 0.2) is 0 Å². The third-order valence-electron chi connectivity index (χ3n) is 3.38. The summed E-state index contributed by atoms with van der Waals surface area (Å²) in [6.07, 6.45) is 2.02. The van der Waals surface area contributed by atoms with Crippen molar-refractivity contribution >= 4 is 0 Å². The van der Waals surface area contributed by atoms with E-state index in [4.69, 9.17) is 15.2 Å². The number of hydrogen-bond acceptors (Lipinski definition) is 3. The molecular formula is C18H23NO2. The topological polar surface area (TPSA) is 44.5 Å². The zero-order valence-electron chi connectivity index (χ0n) is 12.7. The molecule has 0 bridgehead atoms. The van der Waals surface area contributed by atoms with Gasteiger partial charge >= 0.3 is 0 Å². The normalized spacial score (nSPS) is 12.0. The summed E-state index contributed by atoms with van der Waals surface area (Å²) in [5.41, 5.74) is 8.19. The molecule has 0 saturated carbocycles. The van der Waals surface area contributed by atoms with Gasteiger partial charge < -0.3 is 15.2 Å². The van der Waals surface area contributed by atoms with Gasteiger partial charge in [-0.2, -0.15) is 0 Å². The number of benzene rings is 2. The maximum Gasteiger partial charge on any atom is 0.119 e. The van der Waals surface area contributed by atoms with E-state index >= 15 is 0 Å². The average molecular weight is 285 g/mol. The van der Waals surface area contributed by atoms with Gasteiger partial charge in [0.2, 0.25) is 0 Å². The van der Waals surface area contributed by atoms with Gasteiger partial charge in [-0.1, -0.05) is 24.3 Å². The first-order valence-corrected chi connectivity index (χ1v) is 7.27. The van der Waals surface area contributed by atoms with E-state index in [0.717, 1.165) is 29.9 Å². The summed E-state index contributed by atoms with van der Waals surface area (Å²) in [4.78, 5) is 0. The Balaban J connectivity index is 1.85. The van der Waals surface area contributed by atoms with Crippen LogP contribution in [-0.4, -0.2) is 13.2 Å².